The van der Waals surface area contributed by atoms with Crippen LogP contribution in [0.1, 0.15) is 60.8 Å². The monoisotopic (exact) mass is 392 g/mol. The minimum atomic E-state index is 0.290. The van der Waals surface area contributed by atoms with Crippen LogP contribution in [0.5, 0.6) is 0 Å². The molecule has 0 spiro atoms. The molecule has 2 heterocycles. The zero-order valence-electron chi connectivity index (χ0n) is 18.1. The lowest BCUT2D eigenvalue weighted by Crippen LogP contribution is -2.49. The Morgan fingerprint density at radius 2 is 1.69 bits per heavy atom. The SMILES string of the molecule is Cc1ccc(Cc2c(C)nc(C(C)C)nc2N2CCN(C(=O)C3CC3)CC2)cc1. The van der Waals surface area contributed by atoms with Gasteiger partial charge in [-0.2, -0.15) is 0 Å². The predicted molar refractivity (Wildman–Crippen MR) is 116 cm³/mol. The Morgan fingerprint density at radius 3 is 2.28 bits per heavy atom. The first-order valence-corrected chi connectivity index (χ1v) is 10.9. The maximum atomic E-state index is 12.4. The van der Waals surface area contributed by atoms with E-state index >= 15 is 0 Å². The van der Waals surface area contributed by atoms with Crippen molar-refractivity contribution in [2.75, 3.05) is 31.1 Å². The summed E-state index contributed by atoms with van der Waals surface area (Å²) in [5.41, 5.74) is 4.83. The summed E-state index contributed by atoms with van der Waals surface area (Å²) in [7, 11) is 0. The highest BCUT2D eigenvalue weighted by atomic mass is 16.2. The maximum Gasteiger partial charge on any atom is 0.225 e. The first-order chi connectivity index (χ1) is 13.9. The van der Waals surface area contributed by atoms with Crippen LogP contribution in [0.15, 0.2) is 24.3 Å². The van der Waals surface area contributed by atoms with Crippen LogP contribution in [-0.4, -0.2) is 47.0 Å². The molecule has 0 bridgehead atoms. The van der Waals surface area contributed by atoms with Gasteiger partial charge in [0.1, 0.15) is 11.6 Å². The summed E-state index contributed by atoms with van der Waals surface area (Å²) in [6.45, 7) is 11.8. The summed E-state index contributed by atoms with van der Waals surface area (Å²) in [6.07, 6.45) is 2.98. The summed E-state index contributed by atoms with van der Waals surface area (Å²) in [6, 6.07) is 8.72. The average molecular weight is 393 g/mol. The molecule has 0 N–H and O–H groups in total. The first kappa shape index (κ1) is 19.9. The van der Waals surface area contributed by atoms with Crippen LogP contribution >= 0.6 is 0 Å². The molecule has 1 amide bonds. The number of anilines is 1. The molecule has 1 aromatic carbocycles. The lowest BCUT2D eigenvalue weighted by atomic mass is 10.0. The van der Waals surface area contributed by atoms with E-state index in [0.29, 0.717) is 17.7 Å². The molecule has 0 unspecified atom stereocenters. The van der Waals surface area contributed by atoms with Crippen molar-refractivity contribution in [1.29, 1.82) is 0 Å². The zero-order valence-corrected chi connectivity index (χ0v) is 18.1. The third-order valence-corrected chi connectivity index (χ3v) is 6.04. The van der Waals surface area contributed by atoms with Gasteiger partial charge in [0.25, 0.3) is 0 Å². The first-order valence-electron chi connectivity index (χ1n) is 10.9. The second-order valence-corrected chi connectivity index (χ2v) is 8.87. The van der Waals surface area contributed by atoms with Crippen molar-refractivity contribution in [3.8, 4) is 0 Å². The number of hydrogen-bond acceptors (Lipinski definition) is 4. The van der Waals surface area contributed by atoms with Gasteiger partial charge < -0.3 is 9.80 Å². The van der Waals surface area contributed by atoms with Gasteiger partial charge in [-0.3, -0.25) is 4.79 Å². The van der Waals surface area contributed by atoms with Gasteiger partial charge in [0, 0.05) is 55.7 Å². The molecule has 5 heteroatoms. The number of amides is 1. The smallest absolute Gasteiger partial charge is 0.225 e. The van der Waals surface area contributed by atoms with E-state index in [-0.39, 0.29) is 0 Å². The number of rotatable bonds is 5. The van der Waals surface area contributed by atoms with Crippen molar-refractivity contribution < 1.29 is 4.79 Å². The number of benzene rings is 1. The van der Waals surface area contributed by atoms with Crippen LogP contribution in [-0.2, 0) is 11.2 Å². The van der Waals surface area contributed by atoms with E-state index in [2.05, 4.69) is 56.9 Å². The highest BCUT2D eigenvalue weighted by Gasteiger charge is 2.35. The Bertz CT molecular complexity index is 878. The summed E-state index contributed by atoms with van der Waals surface area (Å²) < 4.78 is 0. The Labute approximate surface area is 174 Å². The standard InChI is InChI=1S/C24H32N4O/c1-16(2)22-25-18(4)21(15-19-7-5-17(3)6-8-19)23(26-22)27-11-13-28(14-12-27)24(29)20-9-10-20/h5-8,16,20H,9-15H2,1-4H3. The quantitative estimate of drug-likeness (QED) is 0.775. The Kier molecular flexibility index (Phi) is 5.57. The highest BCUT2D eigenvalue weighted by molar-refractivity contribution is 5.81. The number of carbonyl (C=O) groups excluding carboxylic acids is 1. The maximum absolute atomic E-state index is 12.4. The fourth-order valence-electron chi connectivity index (χ4n) is 3.97. The summed E-state index contributed by atoms with van der Waals surface area (Å²) in [4.78, 5) is 26.6. The molecule has 154 valence electrons. The van der Waals surface area contributed by atoms with Crippen LogP contribution in [0.3, 0.4) is 0 Å². The summed E-state index contributed by atoms with van der Waals surface area (Å²) in [5.74, 6) is 2.90. The molecule has 1 saturated heterocycles. The van der Waals surface area contributed by atoms with Crippen molar-refractivity contribution in [2.45, 2.75) is 52.9 Å². The fourth-order valence-corrected chi connectivity index (χ4v) is 3.97. The van der Waals surface area contributed by atoms with Gasteiger partial charge in [0.2, 0.25) is 5.91 Å². The molecule has 4 rings (SSSR count). The van der Waals surface area contributed by atoms with E-state index < -0.39 is 0 Å². The van der Waals surface area contributed by atoms with E-state index in [0.717, 1.165) is 62.8 Å². The van der Waals surface area contributed by atoms with Gasteiger partial charge in [-0.05, 0) is 32.3 Å². The summed E-state index contributed by atoms with van der Waals surface area (Å²) >= 11 is 0. The van der Waals surface area contributed by atoms with Crippen molar-refractivity contribution >= 4 is 11.7 Å². The molecular weight excluding hydrogens is 360 g/mol. The lowest BCUT2D eigenvalue weighted by Gasteiger charge is -2.37. The average Bonchev–Trinajstić information content (AvgIpc) is 3.55. The minimum Gasteiger partial charge on any atom is -0.353 e. The summed E-state index contributed by atoms with van der Waals surface area (Å²) in [5, 5.41) is 0. The molecule has 0 radical (unpaired) electrons. The molecule has 2 fully saturated rings. The van der Waals surface area contributed by atoms with E-state index in [1.807, 2.05) is 4.90 Å². The number of piperazine rings is 1. The van der Waals surface area contributed by atoms with Gasteiger partial charge in [-0.15, -0.1) is 0 Å². The van der Waals surface area contributed by atoms with Crippen LogP contribution in [0.4, 0.5) is 5.82 Å². The number of nitrogens with zero attached hydrogens (tertiary/aromatic N) is 4. The lowest BCUT2D eigenvalue weighted by molar-refractivity contribution is -0.132. The van der Waals surface area contributed by atoms with Crippen molar-refractivity contribution in [2.24, 2.45) is 5.92 Å². The van der Waals surface area contributed by atoms with E-state index in [9.17, 15) is 4.79 Å². The molecular formula is C24H32N4O. The molecule has 1 aliphatic heterocycles. The van der Waals surface area contributed by atoms with Gasteiger partial charge in [0.05, 0.1) is 0 Å². The molecule has 0 atom stereocenters. The number of carbonyl (C=O) groups is 1. The number of hydrogen-bond donors (Lipinski definition) is 0. The fraction of sp³-hybridized carbons (Fsp3) is 0.542. The van der Waals surface area contributed by atoms with Crippen molar-refractivity contribution in [1.82, 2.24) is 14.9 Å². The van der Waals surface area contributed by atoms with Crippen LogP contribution in [0.25, 0.3) is 0 Å². The molecule has 1 aliphatic carbocycles. The highest BCUT2D eigenvalue weighted by Crippen LogP contribution is 2.32. The van der Waals surface area contributed by atoms with E-state index in [1.54, 1.807) is 0 Å². The van der Waals surface area contributed by atoms with Gasteiger partial charge in [-0.1, -0.05) is 43.7 Å². The largest absolute Gasteiger partial charge is 0.353 e. The zero-order chi connectivity index (χ0) is 20.5. The van der Waals surface area contributed by atoms with E-state index in [1.165, 1.54) is 16.7 Å². The van der Waals surface area contributed by atoms with Crippen LogP contribution in [0.2, 0.25) is 0 Å². The number of aryl methyl sites for hydroxylation is 2. The molecule has 29 heavy (non-hydrogen) atoms. The second-order valence-electron chi connectivity index (χ2n) is 8.87. The van der Waals surface area contributed by atoms with E-state index in [4.69, 9.17) is 9.97 Å². The molecule has 1 saturated carbocycles. The molecule has 2 aromatic rings. The van der Waals surface area contributed by atoms with Gasteiger partial charge >= 0.3 is 0 Å². The number of aromatic nitrogens is 2. The normalized spacial score (nSPS) is 17.1. The molecule has 5 nitrogen and oxygen atoms in total. The Morgan fingerprint density at radius 1 is 1.03 bits per heavy atom. The van der Waals surface area contributed by atoms with Gasteiger partial charge in [-0.25, -0.2) is 9.97 Å². The Hall–Kier alpha value is -2.43. The second kappa shape index (κ2) is 8.13. The predicted octanol–water partition coefficient (Wildman–Crippen LogP) is 3.87. The Balaban J connectivity index is 1.59. The third kappa shape index (κ3) is 4.44. The van der Waals surface area contributed by atoms with Crippen molar-refractivity contribution in [3.63, 3.8) is 0 Å². The topological polar surface area (TPSA) is 49.3 Å². The van der Waals surface area contributed by atoms with Crippen LogP contribution < -0.4 is 4.90 Å². The molecule has 1 aromatic heterocycles. The minimum absolute atomic E-state index is 0.290. The molecule has 2 aliphatic rings. The van der Waals surface area contributed by atoms with Gasteiger partial charge in [0.15, 0.2) is 0 Å². The van der Waals surface area contributed by atoms with Crippen molar-refractivity contribution in [3.05, 3.63) is 52.5 Å². The third-order valence-electron chi connectivity index (χ3n) is 6.04. The van der Waals surface area contributed by atoms with Crippen LogP contribution in [0, 0.1) is 19.8 Å².